The molecule has 4 nitrogen and oxygen atoms in total. The van der Waals surface area contributed by atoms with Gasteiger partial charge in [-0.15, -0.1) is 0 Å². The number of hydrogen-bond donors (Lipinski definition) is 0. The molecule has 0 N–H and O–H groups in total. The number of carbonyl (C=O) groups is 1. The van der Waals surface area contributed by atoms with Gasteiger partial charge in [-0.05, 0) is 48.0 Å². The molecule has 0 amide bonds. The van der Waals surface area contributed by atoms with Crippen LogP contribution in [0.4, 0.5) is 0 Å². The van der Waals surface area contributed by atoms with Crippen LogP contribution in [0, 0.1) is 0 Å². The first-order valence-corrected chi connectivity index (χ1v) is 7.86. The zero-order valence-electron chi connectivity index (χ0n) is 12.5. The summed E-state index contributed by atoms with van der Waals surface area (Å²) in [5.74, 6) is 1.44. The molecule has 3 rings (SSSR count). The number of rotatable bonds is 4. The van der Waals surface area contributed by atoms with Gasteiger partial charge in [0.05, 0.1) is 13.7 Å². The first-order valence-electron chi connectivity index (χ1n) is 7.07. The van der Waals surface area contributed by atoms with Gasteiger partial charge < -0.3 is 14.2 Å². The van der Waals surface area contributed by atoms with E-state index in [2.05, 4.69) is 15.9 Å². The standard InChI is InChI=1S/C18H15BrO4/c1-21-14-5-3-13(4-6-14)17(20)7-2-12-8-16(19)15-10-22-11-23-18(15)9-12/h2-9H,10-11H2,1H3. The quantitative estimate of drug-likeness (QED) is 0.593. The van der Waals surface area contributed by atoms with Crippen molar-refractivity contribution in [3.8, 4) is 11.5 Å². The fourth-order valence-electron chi connectivity index (χ4n) is 2.27. The van der Waals surface area contributed by atoms with Crippen molar-refractivity contribution in [3.05, 3.63) is 63.6 Å². The molecule has 1 aliphatic rings. The fraction of sp³-hybridized carbons (Fsp3) is 0.167. The summed E-state index contributed by atoms with van der Waals surface area (Å²) in [5, 5.41) is 0. The Bertz CT molecular complexity index is 750. The molecule has 0 unspecified atom stereocenters. The summed E-state index contributed by atoms with van der Waals surface area (Å²) in [6.07, 6.45) is 3.33. The van der Waals surface area contributed by atoms with Crippen LogP contribution >= 0.6 is 15.9 Å². The maximum atomic E-state index is 12.2. The van der Waals surface area contributed by atoms with Crippen LogP contribution in [-0.4, -0.2) is 19.7 Å². The smallest absolute Gasteiger partial charge is 0.189 e. The van der Waals surface area contributed by atoms with E-state index < -0.39 is 0 Å². The molecule has 0 bridgehead atoms. The number of ether oxygens (including phenoxy) is 3. The lowest BCUT2D eigenvalue weighted by Gasteiger charge is -2.19. The van der Waals surface area contributed by atoms with Crippen LogP contribution in [0.2, 0.25) is 0 Å². The van der Waals surface area contributed by atoms with Crippen LogP contribution in [0.1, 0.15) is 21.5 Å². The predicted octanol–water partition coefficient (Wildman–Crippen LogP) is 4.22. The molecule has 118 valence electrons. The van der Waals surface area contributed by atoms with E-state index in [1.165, 1.54) is 0 Å². The number of carbonyl (C=O) groups excluding carboxylic acids is 1. The van der Waals surface area contributed by atoms with Crippen molar-refractivity contribution in [3.63, 3.8) is 0 Å². The highest BCUT2D eigenvalue weighted by Crippen LogP contribution is 2.32. The van der Waals surface area contributed by atoms with Gasteiger partial charge in [0.25, 0.3) is 0 Å². The van der Waals surface area contributed by atoms with Gasteiger partial charge in [-0.25, -0.2) is 0 Å². The third kappa shape index (κ3) is 3.63. The summed E-state index contributed by atoms with van der Waals surface area (Å²) in [4.78, 5) is 12.2. The van der Waals surface area contributed by atoms with Crippen molar-refractivity contribution in [2.24, 2.45) is 0 Å². The zero-order chi connectivity index (χ0) is 16.2. The first kappa shape index (κ1) is 15.8. The Balaban J connectivity index is 1.79. The molecule has 23 heavy (non-hydrogen) atoms. The lowest BCUT2D eigenvalue weighted by molar-refractivity contribution is -0.0167. The van der Waals surface area contributed by atoms with Crippen molar-refractivity contribution in [2.75, 3.05) is 13.9 Å². The number of allylic oxidation sites excluding steroid dienone is 1. The number of halogens is 1. The van der Waals surface area contributed by atoms with Crippen molar-refractivity contribution < 1.29 is 19.0 Å². The minimum atomic E-state index is -0.0641. The van der Waals surface area contributed by atoms with E-state index in [1.807, 2.05) is 12.1 Å². The van der Waals surface area contributed by atoms with Crippen LogP contribution < -0.4 is 9.47 Å². The Kier molecular flexibility index (Phi) is 4.79. The SMILES string of the molecule is COc1ccc(C(=O)C=Cc2cc(Br)c3c(c2)OCOC3)cc1. The van der Waals surface area contributed by atoms with E-state index in [-0.39, 0.29) is 12.6 Å². The highest BCUT2D eigenvalue weighted by atomic mass is 79.9. The van der Waals surface area contributed by atoms with Gasteiger partial charge in [0.1, 0.15) is 11.5 Å². The van der Waals surface area contributed by atoms with Gasteiger partial charge in [-0.2, -0.15) is 0 Å². The molecule has 1 aliphatic heterocycles. The molecule has 1 heterocycles. The fourth-order valence-corrected chi connectivity index (χ4v) is 2.84. The maximum absolute atomic E-state index is 12.2. The van der Waals surface area contributed by atoms with Crippen molar-refractivity contribution in [2.45, 2.75) is 6.61 Å². The normalized spacial score (nSPS) is 13.5. The molecule has 0 aliphatic carbocycles. The summed E-state index contributed by atoms with van der Waals surface area (Å²) >= 11 is 3.51. The van der Waals surface area contributed by atoms with Crippen LogP contribution in [0.15, 0.2) is 46.9 Å². The maximum Gasteiger partial charge on any atom is 0.189 e. The van der Waals surface area contributed by atoms with Gasteiger partial charge in [-0.1, -0.05) is 22.0 Å². The van der Waals surface area contributed by atoms with E-state index in [0.29, 0.717) is 12.2 Å². The van der Waals surface area contributed by atoms with Gasteiger partial charge in [-0.3, -0.25) is 4.79 Å². The Morgan fingerprint density at radius 2 is 2.04 bits per heavy atom. The minimum absolute atomic E-state index is 0.0641. The summed E-state index contributed by atoms with van der Waals surface area (Å²) in [7, 11) is 1.60. The molecular weight excluding hydrogens is 360 g/mol. The number of methoxy groups -OCH3 is 1. The van der Waals surface area contributed by atoms with E-state index in [0.717, 1.165) is 27.1 Å². The molecule has 2 aromatic rings. The van der Waals surface area contributed by atoms with Crippen molar-refractivity contribution in [1.82, 2.24) is 0 Å². The van der Waals surface area contributed by atoms with Gasteiger partial charge in [0.2, 0.25) is 0 Å². The van der Waals surface area contributed by atoms with Crippen LogP contribution in [-0.2, 0) is 11.3 Å². The average molecular weight is 375 g/mol. The van der Waals surface area contributed by atoms with E-state index in [1.54, 1.807) is 43.5 Å². The van der Waals surface area contributed by atoms with E-state index in [9.17, 15) is 4.79 Å². The summed E-state index contributed by atoms with van der Waals surface area (Å²) < 4.78 is 16.7. The van der Waals surface area contributed by atoms with E-state index in [4.69, 9.17) is 14.2 Å². The van der Waals surface area contributed by atoms with Crippen LogP contribution in [0.3, 0.4) is 0 Å². The number of fused-ring (bicyclic) bond motifs is 1. The molecule has 0 atom stereocenters. The lowest BCUT2D eigenvalue weighted by Crippen LogP contribution is -2.11. The third-order valence-electron chi connectivity index (χ3n) is 3.52. The molecule has 0 saturated carbocycles. The molecular formula is C18H15BrO4. The van der Waals surface area contributed by atoms with Gasteiger partial charge in [0, 0.05) is 15.6 Å². The Hall–Kier alpha value is -2.11. The van der Waals surface area contributed by atoms with Gasteiger partial charge >= 0.3 is 0 Å². The Morgan fingerprint density at radius 1 is 1.26 bits per heavy atom. The summed E-state index contributed by atoms with van der Waals surface area (Å²) in [6, 6.07) is 10.9. The van der Waals surface area contributed by atoms with Crippen molar-refractivity contribution in [1.29, 1.82) is 0 Å². The van der Waals surface area contributed by atoms with Crippen LogP contribution in [0.25, 0.3) is 6.08 Å². The first-order chi connectivity index (χ1) is 11.2. The van der Waals surface area contributed by atoms with Crippen molar-refractivity contribution >= 4 is 27.8 Å². The second kappa shape index (κ2) is 6.98. The predicted molar refractivity (Wildman–Crippen MR) is 90.8 cm³/mol. The second-order valence-electron chi connectivity index (χ2n) is 5.02. The lowest BCUT2D eigenvalue weighted by atomic mass is 10.1. The van der Waals surface area contributed by atoms with E-state index >= 15 is 0 Å². The number of ketones is 1. The molecule has 2 aromatic carbocycles. The third-order valence-corrected chi connectivity index (χ3v) is 4.23. The average Bonchev–Trinajstić information content (AvgIpc) is 2.60. The Labute approximate surface area is 142 Å². The van der Waals surface area contributed by atoms with Crippen LogP contribution in [0.5, 0.6) is 11.5 Å². The van der Waals surface area contributed by atoms with Gasteiger partial charge in [0.15, 0.2) is 12.6 Å². The Morgan fingerprint density at radius 3 is 2.78 bits per heavy atom. The largest absolute Gasteiger partial charge is 0.497 e. The highest BCUT2D eigenvalue weighted by Gasteiger charge is 2.14. The molecule has 0 radical (unpaired) electrons. The highest BCUT2D eigenvalue weighted by molar-refractivity contribution is 9.10. The monoisotopic (exact) mass is 374 g/mol. The molecule has 0 aromatic heterocycles. The topological polar surface area (TPSA) is 44.8 Å². The molecule has 0 spiro atoms. The number of hydrogen-bond acceptors (Lipinski definition) is 4. The molecule has 0 fully saturated rings. The summed E-state index contributed by atoms with van der Waals surface area (Å²) in [5.41, 5.74) is 2.48. The summed E-state index contributed by atoms with van der Waals surface area (Å²) in [6.45, 7) is 0.766. The molecule has 5 heteroatoms. The molecule has 0 saturated heterocycles. The second-order valence-corrected chi connectivity index (χ2v) is 5.87. The zero-order valence-corrected chi connectivity index (χ0v) is 14.1. The minimum Gasteiger partial charge on any atom is -0.497 e. The number of benzene rings is 2.